The van der Waals surface area contributed by atoms with Crippen LogP contribution < -0.4 is 9.46 Å². The normalized spacial score (nSPS) is 21.4. The van der Waals surface area contributed by atoms with E-state index in [1.54, 1.807) is 23.1 Å². The molecule has 4 rings (SSSR count). The predicted octanol–water partition coefficient (Wildman–Crippen LogP) is 4.20. The van der Waals surface area contributed by atoms with Gasteiger partial charge in [0.05, 0.1) is 16.0 Å². The Kier molecular flexibility index (Phi) is 6.40. The highest BCUT2D eigenvalue weighted by molar-refractivity contribution is 8.00. The van der Waals surface area contributed by atoms with Gasteiger partial charge in [-0.2, -0.15) is 5.10 Å². The van der Waals surface area contributed by atoms with Crippen LogP contribution in [0.3, 0.4) is 0 Å². The maximum atomic E-state index is 14.7. The number of nitrogens with zero attached hydrogens (tertiary/aromatic N) is 4. The Morgan fingerprint density at radius 1 is 1.30 bits per heavy atom. The van der Waals surface area contributed by atoms with Crippen molar-refractivity contribution in [3.63, 3.8) is 0 Å². The van der Waals surface area contributed by atoms with Gasteiger partial charge in [-0.25, -0.2) is 14.4 Å². The molecule has 3 atom stereocenters. The van der Waals surface area contributed by atoms with E-state index in [1.807, 2.05) is 13.1 Å². The van der Waals surface area contributed by atoms with Gasteiger partial charge in [-0.05, 0) is 49.4 Å². The lowest BCUT2D eigenvalue weighted by Crippen LogP contribution is -2.35. The first kappa shape index (κ1) is 20.9. The second-order valence-electron chi connectivity index (χ2n) is 7.12. The van der Waals surface area contributed by atoms with E-state index in [9.17, 15) is 9.50 Å². The highest BCUT2D eigenvalue weighted by atomic mass is 35.5. The summed E-state index contributed by atoms with van der Waals surface area (Å²) < 4.78 is 25.6. The van der Waals surface area contributed by atoms with E-state index < -0.39 is 11.9 Å². The minimum atomic E-state index is -0.450. The molecule has 1 saturated carbocycles. The quantitative estimate of drug-likeness (QED) is 0.545. The second kappa shape index (κ2) is 9.20. The van der Waals surface area contributed by atoms with Gasteiger partial charge in [-0.15, -0.1) is 0 Å². The number of hydrogen-bond acceptors (Lipinski definition) is 7. The van der Waals surface area contributed by atoms with Gasteiger partial charge < -0.3 is 14.6 Å². The third-order valence-electron chi connectivity index (χ3n) is 5.11. The van der Waals surface area contributed by atoms with Gasteiger partial charge >= 0.3 is 0 Å². The summed E-state index contributed by atoms with van der Waals surface area (Å²) in [5, 5.41) is 14.7. The van der Waals surface area contributed by atoms with Crippen LogP contribution in [0.15, 0.2) is 47.9 Å². The van der Waals surface area contributed by atoms with E-state index in [-0.39, 0.29) is 17.8 Å². The van der Waals surface area contributed by atoms with E-state index in [1.165, 1.54) is 18.5 Å². The highest BCUT2D eigenvalue weighted by Gasteiger charge is 2.34. The number of aromatic nitrogens is 4. The molecule has 1 aliphatic rings. The van der Waals surface area contributed by atoms with Gasteiger partial charge in [-0.1, -0.05) is 11.6 Å². The lowest BCUT2D eigenvalue weighted by molar-refractivity contribution is 0.0462. The van der Waals surface area contributed by atoms with Crippen LogP contribution in [0, 0.1) is 5.82 Å². The molecule has 0 bridgehead atoms. The van der Waals surface area contributed by atoms with E-state index >= 15 is 0 Å². The topological polar surface area (TPSA) is 85.1 Å². The van der Waals surface area contributed by atoms with Crippen molar-refractivity contribution in [3.8, 4) is 5.75 Å². The Balaban J connectivity index is 1.50. The molecule has 1 aromatic carbocycles. The minimum absolute atomic E-state index is 0.0612. The fourth-order valence-electron chi connectivity index (χ4n) is 3.62. The molecule has 0 saturated heterocycles. The summed E-state index contributed by atoms with van der Waals surface area (Å²) in [6.07, 6.45) is 5.90. The molecule has 10 heteroatoms. The van der Waals surface area contributed by atoms with Crippen molar-refractivity contribution >= 4 is 29.4 Å². The van der Waals surface area contributed by atoms with Crippen molar-refractivity contribution < 1.29 is 14.2 Å². The fourth-order valence-corrected chi connectivity index (χ4v) is 4.56. The molecule has 158 valence electrons. The summed E-state index contributed by atoms with van der Waals surface area (Å²) in [6, 6.07) is 6.43. The molecule has 2 heterocycles. The maximum Gasteiger partial charge on any atom is 0.142 e. The van der Waals surface area contributed by atoms with Crippen molar-refractivity contribution in [2.45, 2.75) is 42.3 Å². The Bertz CT molecular complexity index is 1010. The van der Waals surface area contributed by atoms with Crippen LogP contribution in [0.4, 0.5) is 10.2 Å². The molecule has 0 radical (unpaired) electrons. The van der Waals surface area contributed by atoms with Crippen LogP contribution in [-0.2, 0) is 7.05 Å². The van der Waals surface area contributed by atoms with E-state index in [2.05, 4.69) is 19.8 Å². The number of rotatable bonds is 6. The van der Waals surface area contributed by atoms with Crippen molar-refractivity contribution in [3.05, 3.63) is 59.5 Å². The summed E-state index contributed by atoms with van der Waals surface area (Å²) >= 11 is 7.48. The number of ether oxygens (including phenoxy) is 1. The van der Waals surface area contributed by atoms with Crippen molar-refractivity contribution in [1.29, 1.82) is 0 Å². The van der Waals surface area contributed by atoms with Crippen molar-refractivity contribution in [2.24, 2.45) is 7.05 Å². The van der Waals surface area contributed by atoms with Crippen LogP contribution in [-0.4, -0.2) is 37.1 Å². The van der Waals surface area contributed by atoms with E-state index in [0.29, 0.717) is 35.0 Å². The Morgan fingerprint density at radius 3 is 2.90 bits per heavy atom. The molecule has 1 fully saturated rings. The number of halogens is 2. The van der Waals surface area contributed by atoms with Crippen molar-refractivity contribution in [2.75, 3.05) is 4.72 Å². The van der Waals surface area contributed by atoms with Crippen molar-refractivity contribution in [1.82, 2.24) is 19.7 Å². The second-order valence-corrected chi connectivity index (χ2v) is 8.38. The summed E-state index contributed by atoms with van der Waals surface area (Å²) in [5.74, 6) is 0.336. The molecule has 1 unspecified atom stereocenters. The molecule has 0 aliphatic heterocycles. The highest BCUT2D eigenvalue weighted by Crippen LogP contribution is 2.39. The minimum Gasteiger partial charge on any atom is -0.488 e. The number of benzene rings is 1. The lowest BCUT2D eigenvalue weighted by atomic mass is 9.82. The van der Waals surface area contributed by atoms with Crippen LogP contribution in [0.2, 0.25) is 5.02 Å². The number of aliphatic hydroxyl groups excluding tert-OH is 1. The molecule has 0 amide bonds. The molecule has 3 aromatic rings. The third-order valence-corrected chi connectivity index (χ3v) is 6.25. The van der Waals surface area contributed by atoms with Gasteiger partial charge in [-0.3, -0.25) is 4.68 Å². The molecule has 2 aromatic heterocycles. The predicted molar refractivity (Wildman–Crippen MR) is 113 cm³/mol. The summed E-state index contributed by atoms with van der Waals surface area (Å²) in [6.45, 7) is 0. The Labute approximate surface area is 182 Å². The first-order valence-electron chi connectivity index (χ1n) is 9.52. The molecule has 1 aliphatic carbocycles. The van der Waals surface area contributed by atoms with Crippen LogP contribution >= 0.6 is 23.5 Å². The fraction of sp³-hybridized carbons (Fsp3) is 0.350. The number of anilines is 1. The average molecular weight is 450 g/mol. The third kappa shape index (κ3) is 4.69. The summed E-state index contributed by atoms with van der Waals surface area (Å²) in [4.78, 5) is 8.20. The largest absolute Gasteiger partial charge is 0.488 e. The number of nitrogens with one attached hydrogen (secondary N) is 1. The SMILES string of the molecule is Cn1nccc1C1C[C@H](O)CC[C@@H]1Oc1cc(F)c(SNc2ccncn2)cc1Cl. The molecule has 7 nitrogen and oxygen atoms in total. The van der Waals surface area contributed by atoms with E-state index in [4.69, 9.17) is 16.3 Å². The zero-order chi connectivity index (χ0) is 21.1. The average Bonchev–Trinajstić information content (AvgIpc) is 3.17. The first-order valence-corrected chi connectivity index (χ1v) is 10.7. The monoisotopic (exact) mass is 449 g/mol. The van der Waals surface area contributed by atoms with Gasteiger partial charge in [0.1, 0.15) is 29.8 Å². The van der Waals surface area contributed by atoms with Gasteiger partial charge in [0, 0.05) is 37.1 Å². The van der Waals surface area contributed by atoms with Gasteiger partial charge in [0.15, 0.2) is 0 Å². The zero-order valence-electron chi connectivity index (χ0n) is 16.2. The van der Waals surface area contributed by atoms with E-state index in [0.717, 1.165) is 17.6 Å². The van der Waals surface area contributed by atoms with Crippen LogP contribution in [0.25, 0.3) is 0 Å². The Morgan fingerprint density at radius 2 is 2.17 bits per heavy atom. The molecule has 0 spiro atoms. The maximum absolute atomic E-state index is 14.7. The molecule has 2 N–H and O–H groups in total. The zero-order valence-corrected chi connectivity index (χ0v) is 17.8. The van der Waals surface area contributed by atoms with Crippen LogP contribution in [0.1, 0.15) is 30.9 Å². The number of aliphatic hydroxyl groups is 1. The summed E-state index contributed by atoms with van der Waals surface area (Å²) in [7, 11) is 1.86. The van der Waals surface area contributed by atoms with Crippen LogP contribution in [0.5, 0.6) is 5.75 Å². The smallest absolute Gasteiger partial charge is 0.142 e. The first-order chi connectivity index (χ1) is 14.5. The number of aryl methyl sites for hydroxylation is 1. The summed E-state index contributed by atoms with van der Waals surface area (Å²) in [5.41, 5.74) is 0.969. The van der Waals surface area contributed by atoms with Gasteiger partial charge in [0.2, 0.25) is 0 Å². The van der Waals surface area contributed by atoms with Gasteiger partial charge in [0.25, 0.3) is 0 Å². The number of hydrogen-bond donors (Lipinski definition) is 2. The lowest BCUT2D eigenvalue weighted by Gasteiger charge is -2.34. The molecular formula is C20H21ClFN5O2S. The molecule has 30 heavy (non-hydrogen) atoms. The Hall–Kier alpha value is -2.36. The standard InChI is InChI=1S/C20H21ClFN5O2S/c1-27-16(4-7-25-27)13-8-12(28)2-3-17(13)29-18-10-15(22)19(9-14(18)21)30-26-20-5-6-23-11-24-20/h4-7,9-13,17,28H,2-3,8H2,1H3,(H,23,24,26)/t12-,13?,17+/m1/s1. The molecular weight excluding hydrogens is 429 g/mol.